The highest BCUT2D eigenvalue weighted by atomic mass is 19.2. The molecule has 0 saturated heterocycles. The van der Waals surface area contributed by atoms with Crippen molar-refractivity contribution in [2.75, 3.05) is 13.2 Å². The number of pyridine rings is 1. The summed E-state index contributed by atoms with van der Waals surface area (Å²) in [6.07, 6.45) is 9.18. The molecule has 11 heteroatoms. The number of ether oxygens (including phenoxy) is 2. The Morgan fingerprint density at radius 1 is 0.800 bits per heavy atom. The second-order valence-electron chi connectivity index (χ2n) is 9.79. The van der Waals surface area contributed by atoms with Crippen molar-refractivity contribution in [1.29, 1.82) is 0 Å². The largest absolute Gasteiger partial charge is 0.478 e. The minimum absolute atomic E-state index is 0.0926. The van der Waals surface area contributed by atoms with Crippen LogP contribution in [0.5, 0.6) is 5.88 Å². The lowest BCUT2D eigenvalue weighted by molar-refractivity contribution is -0.147. The molecule has 40 heavy (non-hydrogen) atoms. The average Bonchev–Trinajstić information content (AvgIpc) is 2.93. The quantitative estimate of drug-likeness (QED) is 0.0615. The molecule has 0 unspecified atom stereocenters. The summed E-state index contributed by atoms with van der Waals surface area (Å²) in [6, 6.07) is 3.82. The van der Waals surface area contributed by atoms with Gasteiger partial charge < -0.3 is 13.9 Å². The van der Waals surface area contributed by atoms with Crippen molar-refractivity contribution in [3.8, 4) is 17.0 Å². The lowest BCUT2D eigenvalue weighted by Gasteiger charge is -2.09. The van der Waals surface area contributed by atoms with Gasteiger partial charge in [0, 0.05) is 11.5 Å². The van der Waals surface area contributed by atoms with Crippen molar-refractivity contribution < 1.29 is 40.6 Å². The van der Waals surface area contributed by atoms with Crippen LogP contribution in [0.1, 0.15) is 71.6 Å². The van der Waals surface area contributed by atoms with Gasteiger partial charge in [-0.2, -0.15) is 4.98 Å². The summed E-state index contributed by atoms with van der Waals surface area (Å²) < 4.78 is 84.6. The molecule has 6 nitrogen and oxygen atoms in total. The first kappa shape index (κ1) is 31.0. The fourth-order valence-electron chi connectivity index (χ4n) is 4.04. The van der Waals surface area contributed by atoms with E-state index in [-0.39, 0.29) is 28.9 Å². The molecule has 0 fully saturated rings. The molecule has 2 heterocycles. The van der Waals surface area contributed by atoms with Gasteiger partial charge in [-0.05, 0) is 25.0 Å². The number of esters is 1. The molecule has 218 valence electrons. The summed E-state index contributed by atoms with van der Waals surface area (Å²) in [7, 11) is 0. The van der Waals surface area contributed by atoms with Crippen LogP contribution in [-0.4, -0.2) is 24.2 Å². The number of rotatable bonds is 15. The Hall–Kier alpha value is -3.50. The van der Waals surface area contributed by atoms with E-state index in [9.17, 15) is 31.5 Å². The Balaban J connectivity index is 1.41. The molecule has 3 aromatic rings. The predicted octanol–water partition coefficient (Wildman–Crippen LogP) is 7.64. The number of halogens is 5. The SMILES string of the molecule is CC(C)C(=O)OCCCCCCCCCCCOc1ccc2cc(-c3c(F)c(F)c(F)c(F)c3F)c(=O)oc2n1. The van der Waals surface area contributed by atoms with Gasteiger partial charge in [0.15, 0.2) is 23.3 Å². The monoisotopic (exact) mass is 569 g/mol. The topological polar surface area (TPSA) is 78.6 Å². The van der Waals surface area contributed by atoms with E-state index in [1.807, 2.05) is 13.8 Å². The fraction of sp³-hybridized carbons (Fsp3) is 0.483. The molecule has 0 amide bonds. The van der Waals surface area contributed by atoms with Crippen LogP contribution in [0.15, 0.2) is 27.4 Å². The number of nitrogens with zero attached hydrogens (tertiary/aromatic N) is 1. The standard InChI is InChI=1S/C29H32F5NO5/c1-17(2)28(36)39-15-11-9-7-5-3-4-6-8-10-14-38-20-13-12-18-16-19(29(37)40-27(18)35-20)21-22(30)24(32)26(34)25(33)23(21)31/h12-13,16-17H,3-11,14-15H2,1-2H3. The molecule has 2 aromatic heterocycles. The molecule has 0 bridgehead atoms. The number of fused-ring (bicyclic) bond motifs is 1. The summed E-state index contributed by atoms with van der Waals surface area (Å²) in [4.78, 5) is 27.8. The first-order valence-corrected chi connectivity index (χ1v) is 13.4. The summed E-state index contributed by atoms with van der Waals surface area (Å²) in [5.41, 5.74) is -3.69. The normalized spacial score (nSPS) is 11.4. The molecule has 1 aromatic carbocycles. The Kier molecular flexibility index (Phi) is 11.5. The Labute approximate surface area is 228 Å². The Morgan fingerprint density at radius 3 is 1.90 bits per heavy atom. The van der Waals surface area contributed by atoms with Crippen LogP contribution in [0.3, 0.4) is 0 Å². The number of benzene rings is 1. The molecule has 0 atom stereocenters. The van der Waals surface area contributed by atoms with E-state index in [0.717, 1.165) is 63.9 Å². The average molecular weight is 570 g/mol. The van der Waals surface area contributed by atoms with Gasteiger partial charge in [-0.1, -0.05) is 58.8 Å². The van der Waals surface area contributed by atoms with Crippen molar-refractivity contribution in [2.24, 2.45) is 5.92 Å². The van der Waals surface area contributed by atoms with Gasteiger partial charge in [-0.25, -0.2) is 26.7 Å². The van der Waals surface area contributed by atoms with Crippen LogP contribution in [0, 0.1) is 35.0 Å². The molecule has 0 saturated carbocycles. The first-order chi connectivity index (χ1) is 19.1. The molecule has 0 aliphatic heterocycles. The summed E-state index contributed by atoms with van der Waals surface area (Å²) >= 11 is 0. The zero-order valence-corrected chi connectivity index (χ0v) is 22.5. The number of carbonyl (C=O) groups is 1. The third-order valence-electron chi connectivity index (χ3n) is 6.31. The number of unbranched alkanes of at least 4 members (excludes halogenated alkanes) is 8. The number of hydrogen-bond acceptors (Lipinski definition) is 6. The van der Waals surface area contributed by atoms with Crippen LogP contribution in [0.25, 0.3) is 22.2 Å². The van der Waals surface area contributed by atoms with Crippen molar-refractivity contribution in [3.05, 3.63) is 57.7 Å². The lowest BCUT2D eigenvalue weighted by Crippen LogP contribution is -2.12. The van der Waals surface area contributed by atoms with E-state index in [1.54, 1.807) is 0 Å². The van der Waals surface area contributed by atoms with Gasteiger partial charge in [0.05, 0.1) is 30.3 Å². The Bertz CT molecular complexity index is 1350. The smallest absolute Gasteiger partial charge is 0.345 e. The summed E-state index contributed by atoms with van der Waals surface area (Å²) in [5.74, 6) is -11.0. The highest BCUT2D eigenvalue weighted by Crippen LogP contribution is 2.31. The molecule has 0 aliphatic carbocycles. The maximum absolute atomic E-state index is 14.2. The minimum atomic E-state index is -2.32. The molecule has 0 aliphatic rings. The number of hydrogen-bond donors (Lipinski definition) is 0. The predicted molar refractivity (Wildman–Crippen MR) is 138 cm³/mol. The highest BCUT2D eigenvalue weighted by molar-refractivity contribution is 5.79. The molecule has 0 spiro atoms. The Morgan fingerprint density at radius 2 is 1.32 bits per heavy atom. The highest BCUT2D eigenvalue weighted by Gasteiger charge is 2.28. The van der Waals surface area contributed by atoms with Crippen LogP contribution >= 0.6 is 0 Å². The van der Waals surface area contributed by atoms with Crippen molar-refractivity contribution in [1.82, 2.24) is 4.98 Å². The maximum Gasteiger partial charge on any atom is 0.345 e. The van der Waals surface area contributed by atoms with Gasteiger partial charge in [0.25, 0.3) is 0 Å². The number of aromatic nitrogens is 1. The van der Waals surface area contributed by atoms with Crippen molar-refractivity contribution >= 4 is 17.1 Å². The first-order valence-electron chi connectivity index (χ1n) is 13.4. The maximum atomic E-state index is 14.2. The van der Waals surface area contributed by atoms with E-state index in [1.165, 1.54) is 12.1 Å². The van der Waals surface area contributed by atoms with Gasteiger partial charge in [-0.15, -0.1) is 0 Å². The van der Waals surface area contributed by atoms with Crippen LogP contribution in [0.2, 0.25) is 0 Å². The molecule has 3 rings (SSSR count). The lowest BCUT2D eigenvalue weighted by atomic mass is 10.0. The van der Waals surface area contributed by atoms with Gasteiger partial charge in [-0.3, -0.25) is 4.79 Å². The van der Waals surface area contributed by atoms with Crippen LogP contribution in [0.4, 0.5) is 22.0 Å². The summed E-state index contributed by atoms with van der Waals surface area (Å²) in [6.45, 7) is 4.49. The second kappa shape index (κ2) is 14.8. The molecular formula is C29H32F5NO5. The van der Waals surface area contributed by atoms with E-state index in [4.69, 9.17) is 13.9 Å². The molecule has 0 radical (unpaired) electrons. The minimum Gasteiger partial charge on any atom is -0.478 e. The second-order valence-corrected chi connectivity index (χ2v) is 9.79. The summed E-state index contributed by atoms with van der Waals surface area (Å²) in [5, 5.41) is 0.113. The molecular weight excluding hydrogens is 537 g/mol. The zero-order chi connectivity index (χ0) is 29.2. The van der Waals surface area contributed by atoms with Crippen LogP contribution in [-0.2, 0) is 9.53 Å². The van der Waals surface area contributed by atoms with Crippen LogP contribution < -0.4 is 10.4 Å². The van der Waals surface area contributed by atoms with E-state index >= 15 is 0 Å². The third kappa shape index (κ3) is 8.02. The van der Waals surface area contributed by atoms with Gasteiger partial charge >= 0.3 is 11.6 Å². The molecule has 0 N–H and O–H groups in total. The fourth-order valence-corrected chi connectivity index (χ4v) is 4.04. The van der Waals surface area contributed by atoms with E-state index in [2.05, 4.69) is 4.98 Å². The number of carbonyl (C=O) groups excluding carboxylic acids is 1. The van der Waals surface area contributed by atoms with Gasteiger partial charge in [0.1, 0.15) is 0 Å². The van der Waals surface area contributed by atoms with Gasteiger partial charge in [0.2, 0.25) is 17.4 Å². The van der Waals surface area contributed by atoms with Crippen molar-refractivity contribution in [3.63, 3.8) is 0 Å². The van der Waals surface area contributed by atoms with E-state index < -0.39 is 45.8 Å². The van der Waals surface area contributed by atoms with E-state index in [0.29, 0.717) is 13.2 Å². The van der Waals surface area contributed by atoms with Crippen molar-refractivity contribution in [2.45, 2.75) is 71.6 Å². The zero-order valence-electron chi connectivity index (χ0n) is 22.5. The third-order valence-corrected chi connectivity index (χ3v) is 6.31.